The van der Waals surface area contributed by atoms with Crippen molar-refractivity contribution in [3.8, 4) is 5.75 Å². The van der Waals surface area contributed by atoms with Gasteiger partial charge in [0.15, 0.2) is 0 Å². The molecule has 1 aromatic heterocycles. The van der Waals surface area contributed by atoms with Crippen LogP contribution in [0.1, 0.15) is 30.7 Å². The molecule has 0 amide bonds. The molecule has 118 valence electrons. The molecule has 4 nitrogen and oxygen atoms in total. The lowest BCUT2D eigenvalue weighted by Crippen LogP contribution is -2.33. The standard InChI is InChI=1S/C18H25N3O/c1-15-19-8-12-21(15)11-7-16-5-9-20(10-6-16)14-17-3-2-4-18(22)13-17/h2-4,8,12-13,16,22H,5-7,9-11,14H2,1H3. The number of aromatic nitrogens is 2. The molecule has 1 fully saturated rings. The van der Waals surface area contributed by atoms with Gasteiger partial charge in [-0.3, -0.25) is 4.90 Å². The molecule has 0 spiro atoms. The van der Waals surface area contributed by atoms with Gasteiger partial charge < -0.3 is 9.67 Å². The fourth-order valence-electron chi connectivity index (χ4n) is 3.31. The van der Waals surface area contributed by atoms with Crippen molar-refractivity contribution in [2.24, 2.45) is 5.92 Å². The summed E-state index contributed by atoms with van der Waals surface area (Å²) in [7, 11) is 0. The molecule has 0 radical (unpaired) electrons. The van der Waals surface area contributed by atoms with Crippen LogP contribution in [-0.4, -0.2) is 32.6 Å². The van der Waals surface area contributed by atoms with E-state index in [-0.39, 0.29) is 0 Å². The van der Waals surface area contributed by atoms with Crippen molar-refractivity contribution in [1.82, 2.24) is 14.5 Å². The Morgan fingerprint density at radius 3 is 2.77 bits per heavy atom. The highest BCUT2D eigenvalue weighted by Gasteiger charge is 2.19. The third kappa shape index (κ3) is 3.89. The second kappa shape index (κ2) is 6.97. The first kappa shape index (κ1) is 15.1. The molecule has 0 saturated carbocycles. The Morgan fingerprint density at radius 2 is 2.09 bits per heavy atom. The van der Waals surface area contributed by atoms with Gasteiger partial charge in [-0.25, -0.2) is 4.98 Å². The first-order valence-corrected chi connectivity index (χ1v) is 8.19. The molecule has 1 N–H and O–H groups in total. The summed E-state index contributed by atoms with van der Waals surface area (Å²) in [5.74, 6) is 2.30. The number of imidazole rings is 1. The molecule has 0 aliphatic carbocycles. The van der Waals surface area contributed by atoms with E-state index in [1.54, 1.807) is 6.07 Å². The number of piperidine rings is 1. The number of phenols is 1. The number of likely N-dealkylation sites (tertiary alicyclic amines) is 1. The van der Waals surface area contributed by atoms with Crippen LogP contribution < -0.4 is 0 Å². The van der Waals surface area contributed by atoms with Gasteiger partial charge in [-0.2, -0.15) is 0 Å². The molecule has 1 saturated heterocycles. The minimum Gasteiger partial charge on any atom is -0.508 e. The summed E-state index contributed by atoms with van der Waals surface area (Å²) < 4.78 is 2.25. The number of aryl methyl sites for hydroxylation is 2. The van der Waals surface area contributed by atoms with E-state index in [2.05, 4.69) is 33.6 Å². The molecule has 2 aromatic rings. The predicted molar refractivity (Wildman–Crippen MR) is 87.7 cm³/mol. The topological polar surface area (TPSA) is 41.3 Å². The monoisotopic (exact) mass is 299 g/mol. The second-order valence-corrected chi connectivity index (χ2v) is 6.35. The Labute approximate surface area is 132 Å². The molecule has 4 heteroatoms. The highest BCUT2D eigenvalue weighted by atomic mass is 16.3. The van der Waals surface area contributed by atoms with E-state index < -0.39 is 0 Å². The molecule has 1 aromatic carbocycles. The Hall–Kier alpha value is -1.81. The fraction of sp³-hybridized carbons (Fsp3) is 0.500. The highest BCUT2D eigenvalue weighted by Crippen LogP contribution is 2.23. The quantitative estimate of drug-likeness (QED) is 0.922. The summed E-state index contributed by atoms with van der Waals surface area (Å²) in [5, 5.41) is 9.54. The number of hydrogen-bond donors (Lipinski definition) is 1. The number of phenolic OH excluding ortho intramolecular Hbond substituents is 1. The zero-order valence-electron chi connectivity index (χ0n) is 13.3. The van der Waals surface area contributed by atoms with Crippen LogP contribution in [-0.2, 0) is 13.1 Å². The van der Waals surface area contributed by atoms with E-state index >= 15 is 0 Å². The van der Waals surface area contributed by atoms with Crippen molar-refractivity contribution in [3.05, 3.63) is 48.0 Å². The van der Waals surface area contributed by atoms with Crippen LogP contribution in [0, 0.1) is 12.8 Å². The Morgan fingerprint density at radius 1 is 1.27 bits per heavy atom. The van der Waals surface area contributed by atoms with Gasteiger partial charge in [-0.05, 0) is 62.9 Å². The summed E-state index contributed by atoms with van der Waals surface area (Å²) >= 11 is 0. The van der Waals surface area contributed by atoms with Crippen molar-refractivity contribution in [2.75, 3.05) is 13.1 Å². The molecule has 0 bridgehead atoms. The SMILES string of the molecule is Cc1nccn1CCC1CCN(Cc2cccc(O)c2)CC1. The average molecular weight is 299 g/mol. The van der Waals surface area contributed by atoms with Crippen LogP contribution >= 0.6 is 0 Å². The maximum Gasteiger partial charge on any atom is 0.115 e. The lowest BCUT2D eigenvalue weighted by atomic mass is 9.93. The molecule has 1 aliphatic heterocycles. The van der Waals surface area contributed by atoms with E-state index in [4.69, 9.17) is 0 Å². The van der Waals surface area contributed by atoms with Gasteiger partial charge in [0.25, 0.3) is 0 Å². The van der Waals surface area contributed by atoms with Gasteiger partial charge in [-0.1, -0.05) is 12.1 Å². The van der Waals surface area contributed by atoms with Crippen LogP contribution in [0.2, 0.25) is 0 Å². The fourth-order valence-corrected chi connectivity index (χ4v) is 3.31. The van der Waals surface area contributed by atoms with E-state index in [1.165, 1.54) is 24.8 Å². The van der Waals surface area contributed by atoms with Crippen LogP contribution in [0.5, 0.6) is 5.75 Å². The third-order valence-electron chi connectivity index (χ3n) is 4.73. The third-order valence-corrected chi connectivity index (χ3v) is 4.73. The lowest BCUT2D eigenvalue weighted by molar-refractivity contribution is 0.169. The van der Waals surface area contributed by atoms with Gasteiger partial charge >= 0.3 is 0 Å². The van der Waals surface area contributed by atoms with E-state index in [9.17, 15) is 5.11 Å². The van der Waals surface area contributed by atoms with E-state index in [0.717, 1.165) is 37.9 Å². The molecule has 22 heavy (non-hydrogen) atoms. The summed E-state index contributed by atoms with van der Waals surface area (Å²) in [6, 6.07) is 7.61. The minimum atomic E-state index is 0.364. The molecule has 1 aliphatic rings. The van der Waals surface area contributed by atoms with Crippen LogP contribution in [0.25, 0.3) is 0 Å². The number of rotatable bonds is 5. The lowest BCUT2D eigenvalue weighted by Gasteiger charge is -2.32. The number of aromatic hydroxyl groups is 1. The first-order chi connectivity index (χ1) is 10.7. The van der Waals surface area contributed by atoms with E-state index in [0.29, 0.717) is 5.75 Å². The predicted octanol–water partition coefficient (Wildman–Crippen LogP) is 3.20. The van der Waals surface area contributed by atoms with Crippen molar-refractivity contribution >= 4 is 0 Å². The smallest absolute Gasteiger partial charge is 0.115 e. The highest BCUT2D eigenvalue weighted by molar-refractivity contribution is 5.27. The number of hydrogen-bond acceptors (Lipinski definition) is 3. The average Bonchev–Trinajstić information content (AvgIpc) is 2.92. The second-order valence-electron chi connectivity index (χ2n) is 6.35. The minimum absolute atomic E-state index is 0.364. The van der Waals surface area contributed by atoms with Gasteiger partial charge in [-0.15, -0.1) is 0 Å². The largest absolute Gasteiger partial charge is 0.508 e. The molecule has 0 unspecified atom stereocenters. The Kier molecular flexibility index (Phi) is 4.78. The first-order valence-electron chi connectivity index (χ1n) is 8.19. The van der Waals surface area contributed by atoms with E-state index in [1.807, 2.05) is 18.3 Å². The molecular formula is C18H25N3O. The molecule has 3 rings (SSSR count). The van der Waals surface area contributed by atoms with Crippen molar-refractivity contribution in [3.63, 3.8) is 0 Å². The van der Waals surface area contributed by atoms with Gasteiger partial charge in [0.1, 0.15) is 11.6 Å². The summed E-state index contributed by atoms with van der Waals surface area (Å²) in [6.45, 7) is 6.41. The van der Waals surface area contributed by atoms with Crippen molar-refractivity contribution in [2.45, 2.75) is 39.3 Å². The molecule has 0 atom stereocenters. The summed E-state index contributed by atoms with van der Waals surface area (Å²) in [6.07, 6.45) is 7.75. The zero-order chi connectivity index (χ0) is 15.4. The maximum atomic E-state index is 9.54. The summed E-state index contributed by atoms with van der Waals surface area (Å²) in [5.41, 5.74) is 1.20. The van der Waals surface area contributed by atoms with Crippen molar-refractivity contribution < 1.29 is 5.11 Å². The zero-order valence-corrected chi connectivity index (χ0v) is 13.3. The Balaban J connectivity index is 1.43. The van der Waals surface area contributed by atoms with Gasteiger partial charge in [0.2, 0.25) is 0 Å². The van der Waals surface area contributed by atoms with Crippen molar-refractivity contribution in [1.29, 1.82) is 0 Å². The molecular weight excluding hydrogens is 274 g/mol. The Bertz CT molecular complexity index is 600. The van der Waals surface area contributed by atoms with Gasteiger partial charge in [0.05, 0.1) is 0 Å². The van der Waals surface area contributed by atoms with Crippen LogP contribution in [0.3, 0.4) is 0 Å². The molecule has 2 heterocycles. The van der Waals surface area contributed by atoms with Crippen LogP contribution in [0.15, 0.2) is 36.7 Å². The van der Waals surface area contributed by atoms with Crippen LogP contribution in [0.4, 0.5) is 0 Å². The van der Waals surface area contributed by atoms with Gasteiger partial charge in [0, 0.05) is 25.5 Å². The number of nitrogens with zero attached hydrogens (tertiary/aromatic N) is 3. The summed E-state index contributed by atoms with van der Waals surface area (Å²) in [4.78, 5) is 6.77. The normalized spacial score (nSPS) is 17.0. The maximum absolute atomic E-state index is 9.54. The number of benzene rings is 1.